The van der Waals surface area contributed by atoms with Crippen molar-refractivity contribution in [2.45, 2.75) is 20.5 Å². The van der Waals surface area contributed by atoms with Crippen molar-refractivity contribution in [2.24, 2.45) is 5.73 Å². The van der Waals surface area contributed by atoms with E-state index in [2.05, 4.69) is 6.07 Å². The van der Waals surface area contributed by atoms with Crippen LogP contribution in [0.2, 0.25) is 0 Å². The molecule has 0 bridgehead atoms. The molecule has 0 radical (unpaired) electrons. The zero-order chi connectivity index (χ0) is 13.8. The van der Waals surface area contributed by atoms with Crippen LogP contribution in [-0.4, -0.2) is 5.91 Å². The van der Waals surface area contributed by atoms with Gasteiger partial charge in [0.2, 0.25) is 0 Å². The molecule has 2 N–H and O–H groups in total. The van der Waals surface area contributed by atoms with Gasteiger partial charge in [-0.05, 0) is 37.1 Å². The maximum Gasteiger partial charge on any atom is 0.252 e. The van der Waals surface area contributed by atoms with Gasteiger partial charge in [0.05, 0.1) is 5.56 Å². The molecule has 19 heavy (non-hydrogen) atoms. The van der Waals surface area contributed by atoms with Crippen molar-refractivity contribution in [3.05, 3.63) is 64.7 Å². The summed E-state index contributed by atoms with van der Waals surface area (Å²) in [6.07, 6.45) is 0. The molecule has 0 heterocycles. The zero-order valence-corrected chi connectivity index (χ0v) is 11.1. The van der Waals surface area contributed by atoms with Gasteiger partial charge in [-0.2, -0.15) is 0 Å². The molecule has 0 aliphatic carbocycles. The Labute approximate surface area is 113 Å². The fourth-order valence-electron chi connectivity index (χ4n) is 1.92. The number of aryl methyl sites for hydroxylation is 2. The van der Waals surface area contributed by atoms with E-state index in [1.807, 2.05) is 44.2 Å². The number of hydrogen-bond donors (Lipinski definition) is 1. The van der Waals surface area contributed by atoms with Gasteiger partial charge in [-0.1, -0.05) is 35.9 Å². The van der Waals surface area contributed by atoms with Gasteiger partial charge in [-0.15, -0.1) is 0 Å². The summed E-state index contributed by atoms with van der Waals surface area (Å²) >= 11 is 0. The first-order valence-corrected chi connectivity index (χ1v) is 6.15. The highest BCUT2D eigenvalue weighted by Crippen LogP contribution is 2.21. The quantitative estimate of drug-likeness (QED) is 0.913. The van der Waals surface area contributed by atoms with E-state index in [0.717, 1.165) is 11.1 Å². The Balaban J connectivity index is 2.19. The molecule has 3 nitrogen and oxygen atoms in total. The van der Waals surface area contributed by atoms with Crippen molar-refractivity contribution in [3.63, 3.8) is 0 Å². The molecule has 0 unspecified atom stereocenters. The molecule has 2 rings (SSSR count). The Morgan fingerprint density at radius 1 is 1.11 bits per heavy atom. The van der Waals surface area contributed by atoms with Gasteiger partial charge in [0.25, 0.3) is 5.91 Å². The average Bonchev–Trinajstić information content (AvgIpc) is 2.36. The minimum atomic E-state index is -0.473. The van der Waals surface area contributed by atoms with E-state index >= 15 is 0 Å². The maximum absolute atomic E-state index is 11.3. The van der Waals surface area contributed by atoms with E-state index in [4.69, 9.17) is 10.5 Å². The summed E-state index contributed by atoms with van der Waals surface area (Å²) in [5.41, 5.74) is 9.03. The number of nitrogens with two attached hydrogens (primary N) is 1. The molecule has 0 spiro atoms. The largest absolute Gasteiger partial charge is 0.488 e. The second-order valence-electron chi connectivity index (χ2n) is 4.64. The summed E-state index contributed by atoms with van der Waals surface area (Å²) in [7, 11) is 0. The standard InChI is InChI=1S/C16H17NO2/c1-11-4-3-5-13(8-11)10-19-15-9-12(2)6-7-14(15)16(17)18/h3-9H,10H2,1-2H3,(H2,17,18). The normalized spacial score (nSPS) is 10.2. The van der Waals surface area contributed by atoms with E-state index in [-0.39, 0.29) is 0 Å². The minimum Gasteiger partial charge on any atom is -0.488 e. The number of carbonyl (C=O) groups excluding carboxylic acids is 1. The summed E-state index contributed by atoms with van der Waals surface area (Å²) in [5.74, 6) is 0.0632. The van der Waals surface area contributed by atoms with Crippen LogP contribution in [0, 0.1) is 13.8 Å². The molecule has 0 aliphatic heterocycles. The predicted molar refractivity (Wildman–Crippen MR) is 75.2 cm³/mol. The topological polar surface area (TPSA) is 52.3 Å². The highest BCUT2D eigenvalue weighted by atomic mass is 16.5. The average molecular weight is 255 g/mol. The molecule has 0 fully saturated rings. The summed E-state index contributed by atoms with van der Waals surface area (Å²) in [6, 6.07) is 13.4. The molecule has 0 aromatic heterocycles. The molecule has 98 valence electrons. The number of amides is 1. The van der Waals surface area contributed by atoms with Gasteiger partial charge >= 0.3 is 0 Å². The van der Waals surface area contributed by atoms with Crippen LogP contribution in [0.1, 0.15) is 27.0 Å². The molecule has 1 amide bonds. The van der Waals surface area contributed by atoms with Crippen molar-refractivity contribution in [2.75, 3.05) is 0 Å². The Kier molecular flexibility index (Phi) is 3.85. The molecule has 0 atom stereocenters. The Bertz CT molecular complexity index is 605. The molecule has 2 aromatic rings. The number of benzene rings is 2. The molecular weight excluding hydrogens is 238 g/mol. The van der Waals surface area contributed by atoms with Crippen molar-refractivity contribution < 1.29 is 9.53 Å². The SMILES string of the molecule is Cc1cccc(COc2cc(C)ccc2C(N)=O)c1. The smallest absolute Gasteiger partial charge is 0.252 e. The van der Waals surface area contributed by atoms with Gasteiger partial charge in [-0.25, -0.2) is 0 Å². The number of ether oxygens (including phenoxy) is 1. The van der Waals surface area contributed by atoms with Crippen molar-refractivity contribution in [1.29, 1.82) is 0 Å². The van der Waals surface area contributed by atoms with Gasteiger partial charge < -0.3 is 10.5 Å². The number of primary amides is 1. The number of rotatable bonds is 4. The summed E-state index contributed by atoms with van der Waals surface area (Å²) in [5, 5.41) is 0. The zero-order valence-electron chi connectivity index (χ0n) is 11.1. The van der Waals surface area contributed by atoms with E-state index in [1.54, 1.807) is 6.07 Å². The molecular formula is C16H17NO2. The van der Waals surface area contributed by atoms with Crippen molar-refractivity contribution in [3.8, 4) is 5.75 Å². The Hall–Kier alpha value is -2.29. The summed E-state index contributed by atoms with van der Waals surface area (Å²) in [6.45, 7) is 4.40. The number of hydrogen-bond acceptors (Lipinski definition) is 2. The van der Waals surface area contributed by atoms with E-state index in [9.17, 15) is 4.79 Å². The van der Waals surface area contributed by atoms with Crippen LogP contribution in [0.4, 0.5) is 0 Å². The Morgan fingerprint density at radius 3 is 2.53 bits per heavy atom. The molecule has 2 aromatic carbocycles. The molecule has 0 aliphatic rings. The highest BCUT2D eigenvalue weighted by Gasteiger charge is 2.09. The predicted octanol–water partition coefficient (Wildman–Crippen LogP) is 2.98. The van der Waals surface area contributed by atoms with Crippen molar-refractivity contribution >= 4 is 5.91 Å². The lowest BCUT2D eigenvalue weighted by atomic mass is 10.1. The van der Waals surface area contributed by atoms with Gasteiger partial charge in [0.15, 0.2) is 0 Å². The summed E-state index contributed by atoms with van der Waals surface area (Å²) in [4.78, 5) is 11.3. The third kappa shape index (κ3) is 3.35. The molecule has 3 heteroatoms. The van der Waals surface area contributed by atoms with Crippen molar-refractivity contribution in [1.82, 2.24) is 0 Å². The lowest BCUT2D eigenvalue weighted by Gasteiger charge is -2.11. The first kappa shape index (κ1) is 13.1. The lowest BCUT2D eigenvalue weighted by Crippen LogP contribution is -2.13. The third-order valence-corrected chi connectivity index (χ3v) is 2.88. The third-order valence-electron chi connectivity index (χ3n) is 2.88. The molecule has 0 saturated heterocycles. The fourth-order valence-corrected chi connectivity index (χ4v) is 1.92. The summed E-state index contributed by atoms with van der Waals surface area (Å²) < 4.78 is 5.72. The first-order valence-electron chi connectivity index (χ1n) is 6.15. The minimum absolute atomic E-state index is 0.415. The van der Waals surface area contributed by atoms with Gasteiger partial charge in [0.1, 0.15) is 12.4 Å². The second kappa shape index (κ2) is 5.57. The van der Waals surface area contributed by atoms with Crippen LogP contribution in [0.5, 0.6) is 5.75 Å². The van der Waals surface area contributed by atoms with Crippen LogP contribution < -0.4 is 10.5 Å². The van der Waals surface area contributed by atoms with E-state index < -0.39 is 5.91 Å². The monoisotopic (exact) mass is 255 g/mol. The second-order valence-corrected chi connectivity index (χ2v) is 4.64. The van der Waals surface area contributed by atoms with E-state index in [0.29, 0.717) is 17.9 Å². The van der Waals surface area contributed by atoms with Crippen LogP contribution in [0.25, 0.3) is 0 Å². The van der Waals surface area contributed by atoms with Crippen LogP contribution in [0.3, 0.4) is 0 Å². The van der Waals surface area contributed by atoms with E-state index in [1.165, 1.54) is 5.56 Å². The highest BCUT2D eigenvalue weighted by molar-refractivity contribution is 5.95. The van der Waals surface area contributed by atoms with Gasteiger partial charge in [0, 0.05) is 0 Å². The van der Waals surface area contributed by atoms with Crippen LogP contribution in [0.15, 0.2) is 42.5 Å². The lowest BCUT2D eigenvalue weighted by molar-refractivity contribution is 0.0996. The number of carbonyl (C=O) groups is 1. The Morgan fingerprint density at radius 2 is 1.84 bits per heavy atom. The molecule has 0 saturated carbocycles. The fraction of sp³-hybridized carbons (Fsp3) is 0.188. The first-order chi connectivity index (χ1) is 9.06. The maximum atomic E-state index is 11.3. The van der Waals surface area contributed by atoms with Crippen LogP contribution >= 0.6 is 0 Å². The van der Waals surface area contributed by atoms with Gasteiger partial charge in [-0.3, -0.25) is 4.79 Å². The van der Waals surface area contributed by atoms with Crippen LogP contribution in [-0.2, 0) is 6.61 Å².